The lowest BCUT2D eigenvalue weighted by molar-refractivity contribution is 0.479. The Labute approximate surface area is 365 Å². The highest BCUT2D eigenvalue weighted by Crippen LogP contribution is 2.44. The molecule has 0 bridgehead atoms. The van der Waals surface area contributed by atoms with Gasteiger partial charge in [0, 0.05) is 0 Å². The van der Waals surface area contributed by atoms with E-state index in [1.807, 2.05) is 0 Å². The molecule has 4 aromatic carbocycles. The van der Waals surface area contributed by atoms with Gasteiger partial charge in [-0.25, -0.2) is 0 Å². The molecule has 0 radical (unpaired) electrons. The van der Waals surface area contributed by atoms with E-state index in [9.17, 15) is 51.9 Å². The third-order valence-electron chi connectivity index (χ3n) is 10.6. The molecule has 0 atom stereocenters. The van der Waals surface area contributed by atoms with Crippen LogP contribution in [0.25, 0.3) is 0 Å². The lowest BCUT2D eigenvalue weighted by Crippen LogP contribution is -2.05. The predicted molar refractivity (Wildman–Crippen MR) is 244 cm³/mol. The van der Waals surface area contributed by atoms with Gasteiger partial charge in [0.25, 0.3) is 40.5 Å². The van der Waals surface area contributed by atoms with E-state index in [0.29, 0.717) is 47.9 Å². The largest absolute Gasteiger partial charge is 0.294 e. The summed E-state index contributed by atoms with van der Waals surface area (Å²) < 4.78 is 134. The first-order valence-corrected chi connectivity index (χ1v) is 30.1. The van der Waals surface area contributed by atoms with Gasteiger partial charge in [-0.3, -0.25) is 18.2 Å². The fourth-order valence-corrected chi connectivity index (χ4v) is 16.1. The second-order valence-corrected chi connectivity index (χ2v) is 26.1. The Bertz CT molecular complexity index is 2120. The molecule has 12 nitrogen and oxygen atoms in total. The van der Waals surface area contributed by atoms with Crippen LogP contribution in [0.5, 0.6) is 0 Å². The molecule has 0 unspecified atom stereocenters. The molecule has 0 saturated carbocycles. The summed E-state index contributed by atoms with van der Waals surface area (Å²) in [5.41, 5.74) is 2.33. The highest BCUT2D eigenvalue weighted by molar-refractivity contribution is 7.86. The first-order chi connectivity index (χ1) is 28.8. The predicted octanol–water partition coefficient (Wildman–Crippen LogP) is 9.42. The zero-order valence-corrected chi connectivity index (χ0v) is 39.3. The standard InChI is InChI=1S/C43H58O12P2S4/c44-58(45,46)40-26-5-1-18-36(40)22-9-13-30-56(31-14-10-23-37-19-2-6-27-41(37)59(47,48)49)34-17-35-57(32-15-11-24-38-20-3-7-28-42(38)60(50,51)52)33-16-12-25-39-21-4-8-29-43(39)61(53,54)55/h1-8,18-21,26-29H,9-17,22-25,30-35H2,(H,44,45,46)(H,47,48,49)(H,50,51,52)(H,53,54,55). The van der Waals surface area contributed by atoms with Crippen molar-refractivity contribution in [2.45, 2.75) is 103 Å². The second-order valence-electron chi connectivity index (χ2n) is 15.2. The molecule has 0 aliphatic heterocycles. The zero-order chi connectivity index (χ0) is 44.5. The van der Waals surface area contributed by atoms with Crippen LogP contribution in [0, 0.1) is 0 Å². The summed E-state index contributed by atoms with van der Waals surface area (Å²) in [6, 6.07) is 25.9. The molecule has 18 heteroatoms. The van der Waals surface area contributed by atoms with Crippen molar-refractivity contribution < 1.29 is 51.9 Å². The second kappa shape index (κ2) is 24.4. The Kier molecular flexibility index (Phi) is 20.4. The van der Waals surface area contributed by atoms with Crippen molar-refractivity contribution in [3.63, 3.8) is 0 Å². The first kappa shape index (κ1) is 51.0. The van der Waals surface area contributed by atoms with Crippen molar-refractivity contribution in [2.75, 3.05) is 37.0 Å². The van der Waals surface area contributed by atoms with Gasteiger partial charge < -0.3 is 0 Å². The van der Waals surface area contributed by atoms with Gasteiger partial charge in [-0.15, -0.1) is 15.8 Å². The van der Waals surface area contributed by atoms with Crippen molar-refractivity contribution in [1.29, 1.82) is 0 Å². The van der Waals surface area contributed by atoms with Crippen molar-refractivity contribution in [2.24, 2.45) is 0 Å². The van der Waals surface area contributed by atoms with E-state index >= 15 is 0 Å². The van der Waals surface area contributed by atoms with E-state index in [1.165, 1.54) is 24.3 Å². The minimum atomic E-state index is -4.33. The molecule has 0 fully saturated rings. The minimum absolute atomic E-state index is 0.0685. The van der Waals surface area contributed by atoms with Crippen LogP contribution in [0.15, 0.2) is 117 Å². The Morgan fingerprint density at radius 3 is 0.705 bits per heavy atom. The highest BCUT2D eigenvalue weighted by Gasteiger charge is 2.19. The van der Waals surface area contributed by atoms with Gasteiger partial charge in [-0.1, -0.05) is 72.8 Å². The summed E-state index contributed by atoms with van der Waals surface area (Å²) in [6.45, 7) is 0. The van der Waals surface area contributed by atoms with Crippen LogP contribution < -0.4 is 0 Å². The SMILES string of the molecule is O=S(=O)(O)c1ccccc1CCCCP(CCCCc1ccccc1S(=O)(=O)O)CCCP(CCCCc1ccccc1S(=O)(=O)O)CCCCc1ccccc1S(=O)(=O)O. The quantitative estimate of drug-likeness (QED) is 0.0238. The Balaban J connectivity index is 1.39. The van der Waals surface area contributed by atoms with E-state index in [4.69, 9.17) is 0 Å². The molecule has 0 aliphatic carbocycles. The van der Waals surface area contributed by atoms with Gasteiger partial charge in [0.1, 0.15) is 0 Å². The first-order valence-electron chi connectivity index (χ1n) is 20.5. The smallest absolute Gasteiger partial charge is 0.282 e. The van der Waals surface area contributed by atoms with Crippen LogP contribution in [0.4, 0.5) is 0 Å². The van der Waals surface area contributed by atoms with Gasteiger partial charge in [0.2, 0.25) is 0 Å². The molecule has 4 N–H and O–H groups in total. The molecule has 4 rings (SSSR count). The summed E-state index contributed by atoms with van der Waals surface area (Å²) in [6.07, 6.45) is 15.5. The number of benzene rings is 4. The summed E-state index contributed by atoms with van der Waals surface area (Å²) >= 11 is 0. The molecule has 0 amide bonds. The van der Waals surface area contributed by atoms with Gasteiger partial charge in [-0.2, -0.15) is 33.7 Å². The van der Waals surface area contributed by atoms with Crippen LogP contribution >= 0.6 is 15.8 Å². The van der Waals surface area contributed by atoms with Crippen molar-refractivity contribution in [3.8, 4) is 0 Å². The van der Waals surface area contributed by atoms with Crippen molar-refractivity contribution >= 4 is 56.3 Å². The molecular weight excluding hydrogens is 899 g/mol. The fourth-order valence-electron chi connectivity index (χ4n) is 7.64. The third kappa shape index (κ3) is 17.8. The van der Waals surface area contributed by atoms with Crippen LogP contribution in [0.2, 0.25) is 0 Å². The molecule has 0 saturated heterocycles. The molecular formula is C43H58O12P2S4. The average molecular weight is 957 g/mol. The van der Waals surface area contributed by atoms with E-state index in [1.54, 1.807) is 72.8 Å². The van der Waals surface area contributed by atoms with Crippen LogP contribution in [-0.2, 0) is 66.2 Å². The van der Waals surface area contributed by atoms with E-state index in [-0.39, 0.29) is 19.6 Å². The molecule has 61 heavy (non-hydrogen) atoms. The fraction of sp³-hybridized carbons (Fsp3) is 0.442. The third-order valence-corrected chi connectivity index (χ3v) is 20.1. The maximum absolute atomic E-state index is 11.9. The molecule has 0 spiro atoms. The Morgan fingerprint density at radius 2 is 0.492 bits per heavy atom. The van der Waals surface area contributed by atoms with Gasteiger partial charge in [0.05, 0.1) is 19.6 Å². The Morgan fingerprint density at radius 1 is 0.295 bits per heavy atom. The van der Waals surface area contributed by atoms with E-state index in [2.05, 4.69) is 0 Å². The maximum Gasteiger partial charge on any atom is 0.294 e. The van der Waals surface area contributed by atoms with E-state index in [0.717, 1.165) is 94.8 Å². The van der Waals surface area contributed by atoms with Crippen LogP contribution in [-0.4, -0.2) is 88.9 Å². The van der Waals surface area contributed by atoms with E-state index < -0.39 is 56.3 Å². The summed E-state index contributed by atoms with van der Waals surface area (Å²) in [5, 5.41) is 0. The normalized spacial score (nSPS) is 12.7. The summed E-state index contributed by atoms with van der Waals surface area (Å²) in [7, 11) is -18.2. The maximum atomic E-state index is 11.9. The monoisotopic (exact) mass is 956 g/mol. The van der Waals surface area contributed by atoms with Crippen molar-refractivity contribution in [3.05, 3.63) is 119 Å². The van der Waals surface area contributed by atoms with Gasteiger partial charge in [-0.05, 0) is 167 Å². The van der Waals surface area contributed by atoms with Crippen LogP contribution in [0.1, 0.15) is 80.0 Å². The van der Waals surface area contributed by atoms with Crippen molar-refractivity contribution in [1.82, 2.24) is 0 Å². The number of aryl methyl sites for hydroxylation is 4. The number of hydrogen-bond acceptors (Lipinski definition) is 8. The molecule has 336 valence electrons. The Hall–Kier alpha value is -2.62. The lowest BCUT2D eigenvalue weighted by Gasteiger charge is -2.22. The number of rotatable bonds is 28. The topological polar surface area (TPSA) is 217 Å². The number of unbranched alkanes of at least 4 members (excludes halogenated alkanes) is 4. The average Bonchev–Trinajstić information content (AvgIpc) is 3.19. The molecule has 0 heterocycles. The summed E-state index contributed by atoms with van der Waals surface area (Å²) in [5.74, 6) is 0. The minimum Gasteiger partial charge on any atom is -0.282 e. The molecule has 0 aliphatic rings. The zero-order valence-electron chi connectivity index (χ0n) is 34.3. The lowest BCUT2D eigenvalue weighted by atomic mass is 10.1. The van der Waals surface area contributed by atoms with Crippen LogP contribution in [0.3, 0.4) is 0 Å². The highest BCUT2D eigenvalue weighted by atomic mass is 32.2. The molecule has 0 aromatic heterocycles. The molecule has 4 aromatic rings. The van der Waals surface area contributed by atoms with Gasteiger partial charge >= 0.3 is 0 Å². The van der Waals surface area contributed by atoms with Gasteiger partial charge in [0.15, 0.2) is 0 Å². The number of hydrogen-bond donors (Lipinski definition) is 4. The summed E-state index contributed by atoms with van der Waals surface area (Å²) in [4.78, 5) is -0.274.